The maximum absolute atomic E-state index is 3.80. The van der Waals surface area contributed by atoms with E-state index in [-0.39, 0.29) is 0 Å². The lowest BCUT2D eigenvalue weighted by Crippen LogP contribution is -2.43. The molecule has 1 aromatic heterocycles. The molecule has 0 aliphatic heterocycles. The highest BCUT2D eigenvalue weighted by Crippen LogP contribution is 2.40. The van der Waals surface area contributed by atoms with Gasteiger partial charge in [-0.25, -0.2) is 0 Å². The molecule has 1 aromatic rings. The Hall–Kier alpha value is -0.943. The third-order valence-corrected chi connectivity index (χ3v) is 11.3. The molecular weight excluding hydrogens is 258 g/mol. The van der Waals surface area contributed by atoms with Crippen molar-refractivity contribution >= 4 is 8.07 Å². The number of hydrogen-bond donors (Lipinski definition) is 0. The molecule has 20 heavy (non-hydrogen) atoms. The highest BCUT2D eigenvalue weighted by Gasteiger charge is 2.41. The van der Waals surface area contributed by atoms with E-state index in [1.54, 1.807) is 0 Å². The second-order valence-electron chi connectivity index (χ2n) is 6.99. The van der Waals surface area contributed by atoms with Crippen LogP contribution in [0, 0.1) is 25.3 Å². The first-order valence-electron chi connectivity index (χ1n) is 7.80. The minimum atomic E-state index is -1.61. The molecule has 0 radical (unpaired) electrons. The van der Waals surface area contributed by atoms with Gasteiger partial charge in [0.2, 0.25) is 0 Å². The predicted molar refractivity (Wildman–Crippen MR) is 92.8 cm³/mol. The average Bonchev–Trinajstić information content (AvgIpc) is 2.56. The fourth-order valence-corrected chi connectivity index (χ4v) is 8.81. The standard InChI is InChI=1S/C18H31NSi/c1-13(2)20(14(3)4,15(5)6)11-10-18-12-16(7)19(9)17(18)8/h12-15H,1-9H3. The Balaban J connectivity index is 3.34. The van der Waals surface area contributed by atoms with E-state index in [9.17, 15) is 0 Å². The van der Waals surface area contributed by atoms with Gasteiger partial charge in [0, 0.05) is 24.0 Å². The number of hydrogen-bond acceptors (Lipinski definition) is 0. The summed E-state index contributed by atoms with van der Waals surface area (Å²) in [5.41, 5.74) is 9.68. The summed E-state index contributed by atoms with van der Waals surface area (Å²) in [5.74, 6) is 3.55. The first-order chi connectivity index (χ1) is 9.14. The van der Waals surface area contributed by atoms with E-state index in [0.29, 0.717) is 16.6 Å². The molecule has 0 fully saturated rings. The van der Waals surface area contributed by atoms with Crippen LogP contribution in [0.15, 0.2) is 6.07 Å². The third-order valence-electron chi connectivity index (χ3n) is 5.05. The van der Waals surface area contributed by atoms with E-state index < -0.39 is 8.07 Å². The zero-order chi connectivity index (χ0) is 15.7. The predicted octanol–water partition coefficient (Wildman–Crippen LogP) is 5.21. The molecule has 0 aliphatic carbocycles. The molecule has 112 valence electrons. The van der Waals surface area contributed by atoms with Gasteiger partial charge in [-0.3, -0.25) is 0 Å². The molecule has 0 saturated heterocycles. The first kappa shape index (κ1) is 17.1. The Morgan fingerprint density at radius 3 is 1.70 bits per heavy atom. The highest BCUT2D eigenvalue weighted by molar-refractivity contribution is 6.90. The van der Waals surface area contributed by atoms with E-state index in [2.05, 4.69) is 84.5 Å². The number of aryl methyl sites for hydroxylation is 1. The average molecular weight is 290 g/mol. The van der Waals surface area contributed by atoms with Crippen LogP contribution in [0.2, 0.25) is 16.6 Å². The Bertz CT molecular complexity index is 502. The van der Waals surface area contributed by atoms with Crippen LogP contribution in [0.4, 0.5) is 0 Å². The van der Waals surface area contributed by atoms with Gasteiger partial charge in [-0.1, -0.05) is 47.5 Å². The maximum atomic E-state index is 3.80. The van der Waals surface area contributed by atoms with Crippen LogP contribution in [0.25, 0.3) is 0 Å². The summed E-state index contributed by atoms with van der Waals surface area (Å²) in [5, 5.41) is 0. The zero-order valence-electron chi connectivity index (χ0n) is 14.8. The van der Waals surface area contributed by atoms with Crippen LogP contribution < -0.4 is 0 Å². The lowest BCUT2D eigenvalue weighted by atomic mass is 10.2. The van der Waals surface area contributed by atoms with Gasteiger partial charge in [0.25, 0.3) is 0 Å². The third kappa shape index (κ3) is 2.88. The number of rotatable bonds is 3. The van der Waals surface area contributed by atoms with Gasteiger partial charge in [0.1, 0.15) is 8.07 Å². The summed E-state index contributed by atoms with van der Waals surface area (Å²) in [6.45, 7) is 18.5. The van der Waals surface area contributed by atoms with Crippen LogP contribution in [0.5, 0.6) is 0 Å². The van der Waals surface area contributed by atoms with Crippen molar-refractivity contribution in [1.82, 2.24) is 4.57 Å². The minimum Gasteiger partial charge on any atom is -0.351 e. The largest absolute Gasteiger partial charge is 0.351 e. The highest BCUT2D eigenvalue weighted by atomic mass is 28.3. The lowest BCUT2D eigenvalue weighted by molar-refractivity contribution is 0.838. The molecule has 2 heteroatoms. The number of nitrogens with zero attached hydrogens (tertiary/aromatic N) is 1. The monoisotopic (exact) mass is 289 g/mol. The van der Waals surface area contributed by atoms with Crippen molar-refractivity contribution in [3.8, 4) is 11.5 Å². The molecule has 0 amide bonds. The van der Waals surface area contributed by atoms with Crippen molar-refractivity contribution in [1.29, 1.82) is 0 Å². The second-order valence-corrected chi connectivity index (χ2v) is 12.6. The van der Waals surface area contributed by atoms with Crippen LogP contribution in [0.1, 0.15) is 58.5 Å². The Morgan fingerprint density at radius 2 is 1.40 bits per heavy atom. The molecule has 0 bridgehead atoms. The number of aromatic nitrogens is 1. The minimum absolute atomic E-state index is 0.695. The molecule has 1 heterocycles. The van der Waals surface area contributed by atoms with E-state index >= 15 is 0 Å². The first-order valence-corrected chi connectivity index (χ1v) is 10.0. The van der Waals surface area contributed by atoms with Crippen molar-refractivity contribution in [2.24, 2.45) is 7.05 Å². The van der Waals surface area contributed by atoms with E-state index in [0.717, 1.165) is 0 Å². The van der Waals surface area contributed by atoms with Crippen LogP contribution in [-0.2, 0) is 7.05 Å². The van der Waals surface area contributed by atoms with Crippen LogP contribution >= 0.6 is 0 Å². The fraction of sp³-hybridized carbons (Fsp3) is 0.667. The molecule has 0 aliphatic rings. The van der Waals surface area contributed by atoms with Crippen LogP contribution in [-0.4, -0.2) is 12.6 Å². The van der Waals surface area contributed by atoms with E-state index in [4.69, 9.17) is 0 Å². The van der Waals surface area contributed by atoms with Gasteiger partial charge >= 0.3 is 0 Å². The zero-order valence-corrected chi connectivity index (χ0v) is 15.8. The van der Waals surface area contributed by atoms with Gasteiger partial charge in [0.15, 0.2) is 0 Å². The summed E-state index contributed by atoms with van der Waals surface area (Å²) in [7, 11) is 0.507. The molecule has 0 atom stereocenters. The Labute approximate surface area is 126 Å². The normalized spacial score (nSPS) is 12.2. The van der Waals surface area contributed by atoms with Crippen LogP contribution in [0.3, 0.4) is 0 Å². The van der Waals surface area contributed by atoms with Gasteiger partial charge in [-0.05, 0) is 36.5 Å². The summed E-state index contributed by atoms with van der Waals surface area (Å²) in [4.78, 5) is 0. The van der Waals surface area contributed by atoms with Crippen molar-refractivity contribution in [3.05, 3.63) is 23.0 Å². The molecule has 0 aromatic carbocycles. The molecule has 1 rings (SSSR count). The van der Waals surface area contributed by atoms with Gasteiger partial charge in [0.05, 0.1) is 0 Å². The molecule has 0 N–H and O–H groups in total. The lowest BCUT2D eigenvalue weighted by Gasteiger charge is -2.38. The molecule has 0 unspecified atom stereocenters. The van der Waals surface area contributed by atoms with E-state index in [1.807, 2.05) is 0 Å². The molecule has 0 spiro atoms. The topological polar surface area (TPSA) is 4.93 Å². The quantitative estimate of drug-likeness (QED) is 0.531. The van der Waals surface area contributed by atoms with Crippen molar-refractivity contribution in [2.75, 3.05) is 0 Å². The molecular formula is C18H31NSi. The molecule has 1 nitrogen and oxygen atoms in total. The van der Waals surface area contributed by atoms with Crippen molar-refractivity contribution in [2.45, 2.75) is 72.0 Å². The SMILES string of the molecule is Cc1cc(C#C[Si](C(C)C)(C(C)C)C(C)C)c(C)n1C. The van der Waals surface area contributed by atoms with Crippen molar-refractivity contribution < 1.29 is 0 Å². The molecule has 0 saturated carbocycles. The van der Waals surface area contributed by atoms with Crippen molar-refractivity contribution in [3.63, 3.8) is 0 Å². The Kier molecular flexibility index (Phi) is 5.32. The summed E-state index contributed by atoms with van der Waals surface area (Å²) < 4.78 is 2.23. The summed E-state index contributed by atoms with van der Waals surface area (Å²) >= 11 is 0. The summed E-state index contributed by atoms with van der Waals surface area (Å²) in [6, 6.07) is 2.22. The second kappa shape index (κ2) is 6.22. The Morgan fingerprint density at radius 1 is 0.950 bits per heavy atom. The maximum Gasteiger partial charge on any atom is 0.146 e. The van der Waals surface area contributed by atoms with Gasteiger partial charge in [-0.2, -0.15) is 0 Å². The fourth-order valence-electron chi connectivity index (χ4n) is 3.59. The van der Waals surface area contributed by atoms with Gasteiger partial charge in [-0.15, -0.1) is 5.54 Å². The van der Waals surface area contributed by atoms with E-state index in [1.165, 1.54) is 17.0 Å². The smallest absolute Gasteiger partial charge is 0.146 e. The van der Waals surface area contributed by atoms with Gasteiger partial charge < -0.3 is 4.57 Å². The summed E-state index contributed by atoms with van der Waals surface area (Å²) in [6.07, 6.45) is 0.